The quantitative estimate of drug-likeness (QED) is 0.771. The van der Waals surface area contributed by atoms with Crippen molar-refractivity contribution >= 4 is 5.91 Å². The molecule has 0 aromatic carbocycles. The summed E-state index contributed by atoms with van der Waals surface area (Å²) < 4.78 is 12.2. The summed E-state index contributed by atoms with van der Waals surface area (Å²) in [6.07, 6.45) is 4.51. The smallest absolute Gasteiger partial charge is 0.229 e. The van der Waals surface area contributed by atoms with Crippen LogP contribution in [-0.2, 0) is 20.8 Å². The first-order valence-corrected chi connectivity index (χ1v) is 7.29. The van der Waals surface area contributed by atoms with Crippen molar-refractivity contribution in [3.05, 3.63) is 12.2 Å². The van der Waals surface area contributed by atoms with Gasteiger partial charge in [0.05, 0.1) is 24.7 Å². The standard InChI is InChI=1S/C14H24N4O3/c1-11(12-17-15-10-18(12)7-8-20-2)16-13(19)14(9-21-3)5-4-6-14/h10-11H,4-9H2,1-3H3,(H,16,19). The molecule has 1 N–H and O–H groups in total. The van der Waals surface area contributed by atoms with E-state index in [1.165, 1.54) is 0 Å². The molecular formula is C14H24N4O3. The predicted molar refractivity (Wildman–Crippen MR) is 76.6 cm³/mol. The first kappa shape index (κ1) is 15.9. The third-order valence-corrected chi connectivity index (χ3v) is 4.13. The third kappa shape index (κ3) is 3.41. The molecule has 0 aliphatic heterocycles. The molecule has 1 unspecified atom stereocenters. The molecule has 1 aromatic heterocycles. The van der Waals surface area contributed by atoms with Gasteiger partial charge in [0, 0.05) is 20.8 Å². The van der Waals surface area contributed by atoms with Crippen LogP contribution in [0.3, 0.4) is 0 Å². The minimum atomic E-state index is -0.361. The van der Waals surface area contributed by atoms with E-state index in [9.17, 15) is 4.79 Å². The van der Waals surface area contributed by atoms with Crippen LogP contribution < -0.4 is 5.32 Å². The zero-order chi connectivity index (χ0) is 15.3. The lowest BCUT2D eigenvalue weighted by Crippen LogP contribution is -2.49. The second-order valence-corrected chi connectivity index (χ2v) is 5.64. The molecule has 1 fully saturated rings. The van der Waals surface area contributed by atoms with Crippen LogP contribution in [0.15, 0.2) is 6.33 Å². The van der Waals surface area contributed by atoms with Gasteiger partial charge in [0.15, 0.2) is 5.82 Å². The van der Waals surface area contributed by atoms with Crippen LogP contribution in [0, 0.1) is 5.41 Å². The van der Waals surface area contributed by atoms with E-state index in [0.29, 0.717) is 19.8 Å². The van der Waals surface area contributed by atoms with Gasteiger partial charge >= 0.3 is 0 Å². The van der Waals surface area contributed by atoms with Crippen molar-refractivity contribution in [2.24, 2.45) is 5.41 Å². The lowest BCUT2D eigenvalue weighted by molar-refractivity contribution is -0.141. The molecule has 0 saturated heterocycles. The summed E-state index contributed by atoms with van der Waals surface area (Å²) in [5, 5.41) is 11.1. The topological polar surface area (TPSA) is 78.3 Å². The Kier molecular flexibility index (Phi) is 5.30. The van der Waals surface area contributed by atoms with E-state index in [1.807, 2.05) is 11.5 Å². The third-order valence-electron chi connectivity index (χ3n) is 4.13. The number of carbonyl (C=O) groups excluding carboxylic acids is 1. The molecule has 1 saturated carbocycles. The molecule has 2 rings (SSSR count). The lowest BCUT2D eigenvalue weighted by atomic mass is 9.68. The van der Waals surface area contributed by atoms with Crippen molar-refractivity contribution in [3.63, 3.8) is 0 Å². The summed E-state index contributed by atoms with van der Waals surface area (Å²) in [7, 11) is 3.29. The highest BCUT2D eigenvalue weighted by Crippen LogP contribution is 2.41. The predicted octanol–water partition coefficient (Wildman–Crippen LogP) is 0.918. The van der Waals surface area contributed by atoms with E-state index in [-0.39, 0.29) is 17.4 Å². The van der Waals surface area contributed by atoms with Crippen LogP contribution in [0.5, 0.6) is 0 Å². The molecule has 7 nitrogen and oxygen atoms in total. The number of nitrogens with one attached hydrogen (secondary N) is 1. The molecular weight excluding hydrogens is 272 g/mol. The molecule has 1 atom stereocenters. The highest BCUT2D eigenvalue weighted by Gasteiger charge is 2.44. The fourth-order valence-corrected chi connectivity index (χ4v) is 2.69. The number of aromatic nitrogens is 3. The average Bonchev–Trinajstić information content (AvgIpc) is 2.88. The average molecular weight is 296 g/mol. The van der Waals surface area contributed by atoms with Crippen LogP contribution in [0.25, 0.3) is 0 Å². The molecule has 0 spiro atoms. The van der Waals surface area contributed by atoms with Gasteiger partial charge in [-0.3, -0.25) is 4.79 Å². The Hall–Kier alpha value is -1.47. The van der Waals surface area contributed by atoms with E-state index < -0.39 is 0 Å². The van der Waals surface area contributed by atoms with Gasteiger partial charge in [-0.05, 0) is 19.8 Å². The highest BCUT2D eigenvalue weighted by molar-refractivity contribution is 5.84. The van der Waals surface area contributed by atoms with Gasteiger partial charge < -0.3 is 19.4 Å². The van der Waals surface area contributed by atoms with Crippen LogP contribution in [-0.4, -0.2) is 48.1 Å². The van der Waals surface area contributed by atoms with Crippen molar-refractivity contribution in [3.8, 4) is 0 Å². The Labute approximate surface area is 125 Å². The lowest BCUT2D eigenvalue weighted by Gasteiger charge is -2.40. The molecule has 1 heterocycles. The van der Waals surface area contributed by atoms with E-state index in [2.05, 4.69) is 15.5 Å². The fraction of sp³-hybridized carbons (Fsp3) is 0.786. The van der Waals surface area contributed by atoms with Gasteiger partial charge in [-0.2, -0.15) is 0 Å². The SMILES string of the molecule is COCCn1cnnc1C(C)NC(=O)C1(COC)CCC1. The Morgan fingerprint density at radius 3 is 2.81 bits per heavy atom. The number of methoxy groups -OCH3 is 2. The van der Waals surface area contributed by atoms with Crippen molar-refractivity contribution in [1.82, 2.24) is 20.1 Å². The first-order valence-electron chi connectivity index (χ1n) is 7.29. The second kappa shape index (κ2) is 7.00. The second-order valence-electron chi connectivity index (χ2n) is 5.64. The Morgan fingerprint density at radius 1 is 1.48 bits per heavy atom. The normalized spacial score (nSPS) is 18.0. The molecule has 1 amide bonds. The maximum Gasteiger partial charge on any atom is 0.229 e. The van der Waals surface area contributed by atoms with Crippen LogP contribution in [0.1, 0.15) is 38.1 Å². The fourth-order valence-electron chi connectivity index (χ4n) is 2.69. The first-order chi connectivity index (χ1) is 10.1. The van der Waals surface area contributed by atoms with Crippen LogP contribution in [0.2, 0.25) is 0 Å². The Morgan fingerprint density at radius 2 is 2.24 bits per heavy atom. The van der Waals surface area contributed by atoms with Crippen molar-refractivity contribution in [2.45, 2.75) is 38.8 Å². The van der Waals surface area contributed by atoms with Gasteiger partial charge in [0.25, 0.3) is 0 Å². The summed E-state index contributed by atoms with van der Waals surface area (Å²) in [4.78, 5) is 12.5. The molecule has 1 aliphatic rings. The molecule has 0 bridgehead atoms. The van der Waals surface area contributed by atoms with E-state index in [0.717, 1.165) is 25.1 Å². The largest absolute Gasteiger partial charge is 0.384 e. The molecule has 1 aliphatic carbocycles. The number of nitrogens with zero attached hydrogens (tertiary/aromatic N) is 3. The van der Waals surface area contributed by atoms with E-state index >= 15 is 0 Å². The zero-order valence-corrected chi connectivity index (χ0v) is 13.0. The zero-order valence-electron chi connectivity index (χ0n) is 13.0. The summed E-state index contributed by atoms with van der Waals surface area (Å²) in [6, 6.07) is -0.189. The number of amides is 1. The van der Waals surface area contributed by atoms with Gasteiger partial charge in [0.2, 0.25) is 5.91 Å². The van der Waals surface area contributed by atoms with Gasteiger partial charge in [0.1, 0.15) is 6.33 Å². The number of ether oxygens (including phenoxy) is 2. The van der Waals surface area contributed by atoms with Crippen molar-refractivity contribution in [1.29, 1.82) is 0 Å². The van der Waals surface area contributed by atoms with Crippen molar-refractivity contribution < 1.29 is 14.3 Å². The van der Waals surface area contributed by atoms with Crippen molar-refractivity contribution in [2.75, 3.05) is 27.4 Å². The Balaban J connectivity index is 1.99. The van der Waals surface area contributed by atoms with Gasteiger partial charge in [-0.25, -0.2) is 0 Å². The summed E-state index contributed by atoms with van der Waals surface area (Å²) in [5.74, 6) is 0.789. The highest BCUT2D eigenvalue weighted by atomic mass is 16.5. The molecule has 0 radical (unpaired) electrons. The number of rotatable bonds is 8. The number of hydrogen-bond acceptors (Lipinski definition) is 5. The van der Waals surface area contributed by atoms with Gasteiger partial charge in [-0.1, -0.05) is 6.42 Å². The van der Waals surface area contributed by atoms with Crippen LogP contribution >= 0.6 is 0 Å². The van der Waals surface area contributed by atoms with Crippen LogP contribution in [0.4, 0.5) is 0 Å². The maximum absolute atomic E-state index is 12.5. The number of hydrogen-bond donors (Lipinski definition) is 1. The summed E-state index contributed by atoms with van der Waals surface area (Å²) >= 11 is 0. The summed E-state index contributed by atoms with van der Waals surface area (Å²) in [6.45, 7) is 3.65. The summed E-state index contributed by atoms with van der Waals surface area (Å²) in [5.41, 5.74) is -0.361. The minimum Gasteiger partial charge on any atom is -0.384 e. The molecule has 7 heteroatoms. The van der Waals surface area contributed by atoms with E-state index in [1.54, 1.807) is 20.5 Å². The monoisotopic (exact) mass is 296 g/mol. The maximum atomic E-state index is 12.5. The number of carbonyl (C=O) groups is 1. The minimum absolute atomic E-state index is 0.0457. The molecule has 1 aromatic rings. The molecule has 21 heavy (non-hydrogen) atoms. The molecule has 118 valence electrons. The Bertz CT molecular complexity index is 471. The van der Waals surface area contributed by atoms with E-state index in [4.69, 9.17) is 9.47 Å². The van der Waals surface area contributed by atoms with Gasteiger partial charge in [-0.15, -0.1) is 10.2 Å².